The second-order valence-electron chi connectivity index (χ2n) is 4.60. The number of aromatic nitrogens is 4. The Morgan fingerprint density at radius 2 is 2.13 bits per heavy atom. The third kappa shape index (κ3) is 3.24. The van der Waals surface area contributed by atoms with E-state index in [9.17, 15) is 14.0 Å². The predicted molar refractivity (Wildman–Crippen MR) is 84.3 cm³/mol. The smallest absolute Gasteiger partial charge is 0.261 e. The van der Waals surface area contributed by atoms with Crippen molar-refractivity contribution in [2.45, 2.75) is 6.54 Å². The summed E-state index contributed by atoms with van der Waals surface area (Å²) in [4.78, 5) is 36.0. The summed E-state index contributed by atoms with van der Waals surface area (Å²) in [5.74, 6) is -0.679. The van der Waals surface area contributed by atoms with Crippen molar-refractivity contribution in [1.29, 1.82) is 0 Å². The molecule has 1 N–H and O–H groups in total. The van der Waals surface area contributed by atoms with Gasteiger partial charge in [0.2, 0.25) is 5.91 Å². The van der Waals surface area contributed by atoms with E-state index in [1.165, 1.54) is 31.0 Å². The summed E-state index contributed by atoms with van der Waals surface area (Å²) >= 11 is 3.02. The minimum absolute atomic E-state index is 0.158. The van der Waals surface area contributed by atoms with Crippen LogP contribution in [0.4, 0.5) is 10.2 Å². The highest BCUT2D eigenvalue weighted by molar-refractivity contribution is 9.10. The topological polar surface area (TPSA) is 89.8 Å². The zero-order chi connectivity index (χ0) is 16.4. The average Bonchev–Trinajstić information content (AvgIpc) is 2.53. The molecule has 116 valence electrons. The van der Waals surface area contributed by atoms with Gasteiger partial charge in [0.05, 0.1) is 27.9 Å². The van der Waals surface area contributed by atoms with Crippen molar-refractivity contribution in [3.8, 4) is 0 Å². The molecule has 0 aliphatic heterocycles. The van der Waals surface area contributed by atoms with E-state index in [1.807, 2.05) is 0 Å². The van der Waals surface area contributed by atoms with Gasteiger partial charge in [0, 0.05) is 18.5 Å². The number of anilines is 1. The Labute approximate surface area is 137 Å². The molecule has 1 aromatic carbocycles. The van der Waals surface area contributed by atoms with Crippen LogP contribution in [0.15, 0.2) is 46.3 Å². The lowest BCUT2D eigenvalue weighted by Gasteiger charge is -2.07. The number of hydrogen-bond donors (Lipinski definition) is 1. The van der Waals surface area contributed by atoms with Gasteiger partial charge >= 0.3 is 0 Å². The Morgan fingerprint density at radius 1 is 1.30 bits per heavy atom. The number of hydrogen-bond acceptors (Lipinski definition) is 5. The van der Waals surface area contributed by atoms with Gasteiger partial charge in [-0.3, -0.25) is 19.1 Å². The highest BCUT2D eigenvalue weighted by Crippen LogP contribution is 2.19. The molecule has 0 aliphatic carbocycles. The fourth-order valence-corrected chi connectivity index (χ4v) is 2.31. The van der Waals surface area contributed by atoms with Crippen LogP contribution in [-0.2, 0) is 11.3 Å². The second kappa shape index (κ2) is 6.21. The van der Waals surface area contributed by atoms with Crippen LogP contribution in [-0.4, -0.2) is 25.4 Å². The zero-order valence-corrected chi connectivity index (χ0v) is 13.1. The number of fused-ring (bicyclic) bond motifs is 1. The van der Waals surface area contributed by atoms with Crippen LogP contribution >= 0.6 is 15.9 Å². The summed E-state index contributed by atoms with van der Waals surface area (Å²) in [7, 11) is 0. The Bertz CT molecular complexity index is 945. The lowest BCUT2D eigenvalue weighted by Crippen LogP contribution is -2.28. The number of carbonyl (C=O) groups excluding carboxylic acids is 1. The molecule has 2 heterocycles. The normalized spacial score (nSPS) is 10.7. The van der Waals surface area contributed by atoms with Gasteiger partial charge in [0.25, 0.3) is 5.56 Å². The van der Waals surface area contributed by atoms with Crippen molar-refractivity contribution >= 4 is 38.6 Å². The standard InChI is InChI=1S/C14H9BrFN5O2/c15-9-3-8-11(4-10(9)16)19-7-21(14(8)23)6-13(22)20-12-5-17-1-2-18-12/h1-5,7H,6H2,(H,18,20,22). The summed E-state index contributed by atoms with van der Waals surface area (Å²) in [5, 5.41) is 2.73. The van der Waals surface area contributed by atoms with Crippen LogP contribution in [0.3, 0.4) is 0 Å². The summed E-state index contributed by atoms with van der Waals surface area (Å²) in [6, 6.07) is 2.50. The van der Waals surface area contributed by atoms with E-state index >= 15 is 0 Å². The van der Waals surface area contributed by atoms with Gasteiger partial charge in [0.1, 0.15) is 12.4 Å². The van der Waals surface area contributed by atoms with E-state index in [4.69, 9.17) is 0 Å². The van der Waals surface area contributed by atoms with E-state index in [1.54, 1.807) is 0 Å². The zero-order valence-electron chi connectivity index (χ0n) is 11.5. The summed E-state index contributed by atoms with van der Waals surface area (Å²) < 4.78 is 14.8. The molecule has 2 aromatic heterocycles. The predicted octanol–water partition coefficient (Wildman–Crippen LogP) is 1.73. The molecule has 3 rings (SSSR count). The molecule has 0 radical (unpaired) electrons. The number of benzene rings is 1. The van der Waals surface area contributed by atoms with E-state index in [0.717, 1.165) is 10.6 Å². The minimum Gasteiger partial charge on any atom is -0.308 e. The van der Waals surface area contributed by atoms with Crippen molar-refractivity contribution in [3.05, 3.63) is 57.7 Å². The van der Waals surface area contributed by atoms with Crippen molar-refractivity contribution in [1.82, 2.24) is 19.5 Å². The van der Waals surface area contributed by atoms with Gasteiger partial charge in [-0.25, -0.2) is 14.4 Å². The molecule has 23 heavy (non-hydrogen) atoms. The van der Waals surface area contributed by atoms with E-state index in [0.29, 0.717) is 0 Å². The molecule has 0 unspecified atom stereocenters. The number of halogens is 2. The molecule has 0 aliphatic rings. The van der Waals surface area contributed by atoms with Crippen molar-refractivity contribution in [3.63, 3.8) is 0 Å². The molecular formula is C14H9BrFN5O2. The van der Waals surface area contributed by atoms with E-state index in [2.05, 4.69) is 36.2 Å². The van der Waals surface area contributed by atoms with Gasteiger partial charge in [-0.15, -0.1) is 0 Å². The van der Waals surface area contributed by atoms with Crippen LogP contribution in [0, 0.1) is 5.82 Å². The maximum absolute atomic E-state index is 13.5. The minimum atomic E-state index is -0.512. The van der Waals surface area contributed by atoms with Crippen LogP contribution in [0.2, 0.25) is 0 Å². The average molecular weight is 378 g/mol. The lowest BCUT2D eigenvalue weighted by atomic mass is 10.2. The maximum Gasteiger partial charge on any atom is 0.261 e. The largest absolute Gasteiger partial charge is 0.308 e. The van der Waals surface area contributed by atoms with Crippen molar-refractivity contribution in [2.24, 2.45) is 0 Å². The quantitative estimate of drug-likeness (QED) is 0.750. The molecule has 0 atom stereocenters. The molecule has 0 saturated heterocycles. The highest BCUT2D eigenvalue weighted by Gasteiger charge is 2.11. The highest BCUT2D eigenvalue weighted by atomic mass is 79.9. The first-order valence-corrected chi connectivity index (χ1v) is 7.24. The maximum atomic E-state index is 13.5. The van der Waals surface area contributed by atoms with Crippen LogP contribution < -0.4 is 10.9 Å². The second-order valence-corrected chi connectivity index (χ2v) is 5.45. The Hall–Kier alpha value is -2.68. The Balaban J connectivity index is 1.89. The Kier molecular flexibility index (Phi) is 4.11. The SMILES string of the molecule is O=C(Cn1cnc2cc(F)c(Br)cc2c1=O)Nc1cnccn1. The van der Waals surface area contributed by atoms with Gasteiger partial charge in [0.15, 0.2) is 5.82 Å². The number of rotatable bonds is 3. The summed E-state index contributed by atoms with van der Waals surface area (Å²) in [5.41, 5.74) is -0.216. The molecule has 0 saturated carbocycles. The number of nitrogens with one attached hydrogen (secondary N) is 1. The molecule has 0 fully saturated rings. The van der Waals surface area contributed by atoms with Crippen molar-refractivity contribution < 1.29 is 9.18 Å². The first kappa shape index (κ1) is 15.2. The third-order valence-electron chi connectivity index (χ3n) is 3.01. The monoisotopic (exact) mass is 377 g/mol. The molecule has 0 bridgehead atoms. The van der Waals surface area contributed by atoms with Gasteiger partial charge in [-0.05, 0) is 22.0 Å². The van der Waals surface area contributed by atoms with E-state index < -0.39 is 17.3 Å². The van der Waals surface area contributed by atoms with Crippen LogP contribution in [0.5, 0.6) is 0 Å². The van der Waals surface area contributed by atoms with Gasteiger partial charge < -0.3 is 5.32 Å². The van der Waals surface area contributed by atoms with Gasteiger partial charge in [-0.1, -0.05) is 0 Å². The number of carbonyl (C=O) groups is 1. The van der Waals surface area contributed by atoms with Crippen molar-refractivity contribution in [2.75, 3.05) is 5.32 Å². The Morgan fingerprint density at radius 3 is 2.87 bits per heavy atom. The molecule has 1 amide bonds. The summed E-state index contributed by atoms with van der Waals surface area (Å²) in [6.45, 7) is -0.243. The molecule has 9 heteroatoms. The lowest BCUT2D eigenvalue weighted by molar-refractivity contribution is -0.116. The number of nitrogens with zero attached hydrogens (tertiary/aromatic N) is 4. The first-order valence-electron chi connectivity index (χ1n) is 6.44. The molecule has 3 aromatic rings. The van der Waals surface area contributed by atoms with Crippen LogP contribution in [0.1, 0.15) is 0 Å². The first-order chi connectivity index (χ1) is 11.0. The third-order valence-corrected chi connectivity index (χ3v) is 3.62. The molecule has 7 nitrogen and oxygen atoms in total. The summed E-state index contributed by atoms with van der Waals surface area (Å²) in [6.07, 6.45) is 5.50. The molecular weight excluding hydrogens is 369 g/mol. The fraction of sp³-hybridized carbons (Fsp3) is 0.0714. The number of amides is 1. The van der Waals surface area contributed by atoms with Crippen LogP contribution in [0.25, 0.3) is 10.9 Å². The molecule has 0 spiro atoms. The van der Waals surface area contributed by atoms with Gasteiger partial charge in [-0.2, -0.15) is 0 Å². The van der Waals surface area contributed by atoms with E-state index in [-0.39, 0.29) is 27.7 Å². The fourth-order valence-electron chi connectivity index (χ4n) is 1.97.